The molecule has 0 saturated heterocycles. The van der Waals surface area contributed by atoms with E-state index >= 15 is 0 Å². The lowest BCUT2D eigenvalue weighted by Crippen LogP contribution is -2.24. The molecule has 0 radical (unpaired) electrons. The summed E-state index contributed by atoms with van der Waals surface area (Å²) in [6.45, 7) is 4.33. The summed E-state index contributed by atoms with van der Waals surface area (Å²) >= 11 is 5.28. The molecule has 0 unspecified atom stereocenters. The summed E-state index contributed by atoms with van der Waals surface area (Å²) in [5.41, 5.74) is 1.29. The van der Waals surface area contributed by atoms with Crippen LogP contribution in [0.25, 0.3) is 0 Å². The van der Waals surface area contributed by atoms with Gasteiger partial charge in [-0.2, -0.15) is 0 Å². The van der Waals surface area contributed by atoms with E-state index in [2.05, 4.69) is 43.4 Å². The van der Waals surface area contributed by atoms with Gasteiger partial charge in [-0.15, -0.1) is 0 Å². The summed E-state index contributed by atoms with van der Waals surface area (Å²) in [5, 5.41) is 3.36. The van der Waals surface area contributed by atoms with Crippen LogP contribution in [0.4, 0.5) is 0 Å². The second-order valence-electron chi connectivity index (χ2n) is 3.80. The Morgan fingerprint density at radius 1 is 1.33 bits per heavy atom. The molecule has 0 amide bonds. The van der Waals surface area contributed by atoms with Gasteiger partial charge in [0.15, 0.2) is 0 Å². The molecule has 0 aromatic heterocycles. The van der Waals surface area contributed by atoms with E-state index in [-0.39, 0.29) is 0 Å². The number of nitrogens with one attached hydrogen (secondary N) is 1. The van der Waals surface area contributed by atoms with Crippen molar-refractivity contribution in [2.24, 2.45) is 0 Å². The molecule has 15 heavy (non-hydrogen) atoms. The fraction of sp³-hybridized carbons (Fsp3) is 0.462. The Kier molecular flexibility index (Phi) is 5.33. The van der Waals surface area contributed by atoms with Crippen LogP contribution in [0.15, 0.2) is 30.3 Å². The maximum absolute atomic E-state index is 5.28. The number of hydrogen-bond acceptors (Lipinski definition) is 1. The molecule has 0 heterocycles. The minimum absolute atomic E-state index is 0.315. The second kappa shape index (κ2) is 6.57. The SMILES string of the molecule is CCCCC(=S)N[C@H](C)c1ccccc1. The standard InChI is InChI=1S/C13H19NS/c1-3-4-10-13(15)14-11(2)12-8-6-5-7-9-12/h5-9,11H,3-4,10H2,1-2H3,(H,14,15)/t11-/m1/s1. The van der Waals surface area contributed by atoms with Crippen molar-refractivity contribution in [2.45, 2.75) is 39.2 Å². The molecule has 0 fully saturated rings. The summed E-state index contributed by atoms with van der Waals surface area (Å²) < 4.78 is 0. The molecule has 82 valence electrons. The van der Waals surface area contributed by atoms with Gasteiger partial charge in [-0.25, -0.2) is 0 Å². The molecule has 1 aromatic rings. The molecule has 1 nitrogen and oxygen atoms in total. The first-order valence-corrected chi connectivity index (χ1v) is 5.99. The van der Waals surface area contributed by atoms with Gasteiger partial charge in [0.2, 0.25) is 0 Å². The van der Waals surface area contributed by atoms with E-state index in [0.717, 1.165) is 11.4 Å². The fourth-order valence-corrected chi connectivity index (χ4v) is 1.80. The van der Waals surface area contributed by atoms with Gasteiger partial charge in [-0.1, -0.05) is 55.9 Å². The Morgan fingerprint density at radius 2 is 2.00 bits per heavy atom. The molecule has 2 heteroatoms. The van der Waals surface area contributed by atoms with Crippen LogP contribution < -0.4 is 5.32 Å². The van der Waals surface area contributed by atoms with Crippen molar-refractivity contribution < 1.29 is 0 Å². The lowest BCUT2D eigenvalue weighted by atomic mass is 10.1. The van der Waals surface area contributed by atoms with Gasteiger partial charge in [0, 0.05) is 6.04 Å². The average molecular weight is 221 g/mol. The van der Waals surface area contributed by atoms with Crippen LogP contribution in [0.1, 0.15) is 44.7 Å². The minimum atomic E-state index is 0.315. The van der Waals surface area contributed by atoms with Crippen molar-refractivity contribution in [3.8, 4) is 0 Å². The molecule has 1 atom stereocenters. The topological polar surface area (TPSA) is 12.0 Å². The summed E-state index contributed by atoms with van der Waals surface area (Å²) in [6.07, 6.45) is 3.37. The summed E-state index contributed by atoms with van der Waals surface area (Å²) in [5.74, 6) is 0. The zero-order valence-corrected chi connectivity index (χ0v) is 10.3. The van der Waals surface area contributed by atoms with Crippen molar-refractivity contribution in [1.29, 1.82) is 0 Å². The second-order valence-corrected chi connectivity index (χ2v) is 4.30. The van der Waals surface area contributed by atoms with Crippen molar-refractivity contribution in [2.75, 3.05) is 0 Å². The maximum atomic E-state index is 5.28. The van der Waals surface area contributed by atoms with Gasteiger partial charge in [-0.05, 0) is 25.3 Å². The third-order valence-electron chi connectivity index (χ3n) is 2.43. The van der Waals surface area contributed by atoms with Crippen molar-refractivity contribution in [1.82, 2.24) is 5.32 Å². The Morgan fingerprint density at radius 3 is 2.60 bits per heavy atom. The molecule has 0 aliphatic carbocycles. The first-order chi connectivity index (χ1) is 7.24. The molecule has 0 saturated carbocycles. The molecule has 1 rings (SSSR count). The lowest BCUT2D eigenvalue weighted by molar-refractivity contribution is 0.702. The van der Waals surface area contributed by atoms with E-state index in [0.29, 0.717) is 6.04 Å². The maximum Gasteiger partial charge on any atom is 0.0758 e. The first kappa shape index (κ1) is 12.2. The van der Waals surface area contributed by atoms with Crippen LogP contribution in [-0.4, -0.2) is 4.99 Å². The quantitative estimate of drug-likeness (QED) is 0.758. The number of benzene rings is 1. The van der Waals surface area contributed by atoms with Gasteiger partial charge in [0.1, 0.15) is 0 Å². The molecule has 0 aliphatic heterocycles. The highest BCUT2D eigenvalue weighted by atomic mass is 32.1. The Hall–Kier alpha value is -0.890. The predicted octanol–water partition coefficient (Wildman–Crippen LogP) is 3.85. The van der Waals surface area contributed by atoms with E-state index in [1.807, 2.05) is 6.07 Å². The summed E-state index contributed by atoms with van der Waals surface area (Å²) in [4.78, 5) is 0.980. The van der Waals surface area contributed by atoms with E-state index in [9.17, 15) is 0 Å². The number of thiocarbonyl (C=S) groups is 1. The lowest BCUT2D eigenvalue weighted by Gasteiger charge is -2.16. The normalized spacial score (nSPS) is 12.1. The largest absolute Gasteiger partial charge is 0.373 e. The fourth-order valence-electron chi connectivity index (χ4n) is 1.48. The monoisotopic (exact) mass is 221 g/mol. The van der Waals surface area contributed by atoms with Crippen molar-refractivity contribution in [3.05, 3.63) is 35.9 Å². The van der Waals surface area contributed by atoms with Gasteiger partial charge in [0.05, 0.1) is 4.99 Å². The summed E-state index contributed by atoms with van der Waals surface area (Å²) in [6, 6.07) is 10.7. The average Bonchev–Trinajstić information content (AvgIpc) is 2.27. The Balaban J connectivity index is 2.42. The molecular weight excluding hydrogens is 202 g/mol. The zero-order chi connectivity index (χ0) is 11.1. The minimum Gasteiger partial charge on any atom is -0.373 e. The number of hydrogen-bond donors (Lipinski definition) is 1. The molecule has 0 aliphatic rings. The third kappa shape index (κ3) is 4.43. The van der Waals surface area contributed by atoms with Crippen LogP contribution in [0.3, 0.4) is 0 Å². The van der Waals surface area contributed by atoms with Crippen LogP contribution in [0.2, 0.25) is 0 Å². The van der Waals surface area contributed by atoms with E-state index < -0.39 is 0 Å². The first-order valence-electron chi connectivity index (χ1n) is 5.58. The van der Waals surface area contributed by atoms with Gasteiger partial charge < -0.3 is 5.32 Å². The molecule has 0 bridgehead atoms. The van der Waals surface area contributed by atoms with Crippen LogP contribution in [0.5, 0.6) is 0 Å². The van der Waals surface area contributed by atoms with Gasteiger partial charge in [-0.3, -0.25) is 0 Å². The zero-order valence-electron chi connectivity index (χ0n) is 9.49. The van der Waals surface area contributed by atoms with Crippen LogP contribution in [0, 0.1) is 0 Å². The molecular formula is C13H19NS. The highest BCUT2D eigenvalue weighted by Gasteiger charge is 2.05. The highest BCUT2D eigenvalue weighted by molar-refractivity contribution is 7.80. The van der Waals surface area contributed by atoms with Gasteiger partial charge >= 0.3 is 0 Å². The van der Waals surface area contributed by atoms with Crippen molar-refractivity contribution >= 4 is 17.2 Å². The van der Waals surface area contributed by atoms with Gasteiger partial charge in [0.25, 0.3) is 0 Å². The molecule has 0 spiro atoms. The van der Waals surface area contributed by atoms with E-state index in [1.165, 1.54) is 18.4 Å². The van der Waals surface area contributed by atoms with Crippen LogP contribution in [-0.2, 0) is 0 Å². The number of rotatable bonds is 5. The highest BCUT2D eigenvalue weighted by Crippen LogP contribution is 2.11. The molecule has 1 N–H and O–H groups in total. The predicted molar refractivity (Wildman–Crippen MR) is 70.1 cm³/mol. The third-order valence-corrected chi connectivity index (χ3v) is 2.76. The summed E-state index contributed by atoms with van der Waals surface area (Å²) in [7, 11) is 0. The van der Waals surface area contributed by atoms with Crippen LogP contribution >= 0.6 is 12.2 Å². The number of unbranched alkanes of at least 4 members (excludes halogenated alkanes) is 1. The molecule has 1 aromatic carbocycles. The van der Waals surface area contributed by atoms with Crippen molar-refractivity contribution in [3.63, 3.8) is 0 Å². The smallest absolute Gasteiger partial charge is 0.0758 e. The Bertz CT molecular complexity index is 295. The Labute approximate surface area is 97.9 Å². The van der Waals surface area contributed by atoms with E-state index in [1.54, 1.807) is 0 Å². The van der Waals surface area contributed by atoms with E-state index in [4.69, 9.17) is 12.2 Å².